The molecule has 0 saturated carbocycles. The SMILES string of the molecule is CN=c1scc(-c2ccc([N+](=O)[O-])cc2)n1N=C(C)c1cccs1. The number of nitro groups is 1. The summed E-state index contributed by atoms with van der Waals surface area (Å²) in [4.78, 5) is 16.5. The molecule has 0 radical (unpaired) electrons. The summed E-state index contributed by atoms with van der Waals surface area (Å²) in [6, 6.07) is 10.5. The van der Waals surface area contributed by atoms with E-state index in [4.69, 9.17) is 5.10 Å². The molecule has 0 bridgehead atoms. The quantitative estimate of drug-likeness (QED) is 0.402. The lowest BCUT2D eigenvalue weighted by Crippen LogP contribution is -2.13. The van der Waals surface area contributed by atoms with E-state index in [2.05, 4.69) is 4.99 Å². The molecule has 0 saturated heterocycles. The Hall–Kier alpha value is -2.58. The van der Waals surface area contributed by atoms with E-state index in [1.54, 1.807) is 35.2 Å². The van der Waals surface area contributed by atoms with Crippen LogP contribution in [0.25, 0.3) is 11.3 Å². The lowest BCUT2D eigenvalue weighted by molar-refractivity contribution is -0.384. The predicted molar refractivity (Wildman–Crippen MR) is 97.8 cm³/mol. The number of benzene rings is 1. The number of hydrogen-bond acceptors (Lipinski definition) is 6. The molecule has 3 rings (SSSR count). The second-order valence-corrected chi connectivity index (χ2v) is 6.69. The van der Waals surface area contributed by atoms with Gasteiger partial charge in [-0.05, 0) is 30.5 Å². The number of rotatable bonds is 4. The van der Waals surface area contributed by atoms with Gasteiger partial charge in [0, 0.05) is 30.1 Å². The molecule has 0 aliphatic carbocycles. The molecule has 2 heterocycles. The molecule has 122 valence electrons. The van der Waals surface area contributed by atoms with E-state index in [0.717, 1.165) is 26.6 Å². The Bertz CT molecular complexity index is 951. The fourth-order valence-corrected chi connectivity index (χ4v) is 3.65. The summed E-state index contributed by atoms with van der Waals surface area (Å²) in [7, 11) is 1.72. The molecule has 0 unspecified atom stereocenters. The number of thiazole rings is 1. The van der Waals surface area contributed by atoms with E-state index in [9.17, 15) is 10.1 Å². The first-order valence-electron chi connectivity index (χ1n) is 7.08. The number of non-ortho nitro benzene ring substituents is 1. The molecule has 0 amide bonds. The normalized spacial score (nSPS) is 12.6. The maximum Gasteiger partial charge on any atom is 0.269 e. The Labute approximate surface area is 146 Å². The fraction of sp³-hybridized carbons (Fsp3) is 0.125. The highest BCUT2D eigenvalue weighted by atomic mass is 32.1. The van der Waals surface area contributed by atoms with Crippen molar-refractivity contribution < 1.29 is 4.92 Å². The second kappa shape index (κ2) is 6.90. The van der Waals surface area contributed by atoms with Crippen molar-refractivity contribution in [3.8, 4) is 11.3 Å². The van der Waals surface area contributed by atoms with Gasteiger partial charge in [0.2, 0.25) is 4.80 Å². The summed E-state index contributed by atoms with van der Waals surface area (Å²) in [5.74, 6) is 0. The first kappa shape index (κ1) is 16.3. The monoisotopic (exact) mass is 358 g/mol. The number of nitrogens with zero attached hydrogens (tertiary/aromatic N) is 4. The van der Waals surface area contributed by atoms with Gasteiger partial charge in [-0.2, -0.15) is 5.10 Å². The van der Waals surface area contributed by atoms with Crippen LogP contribution < -0.4 is 4.80 Å². The molecule has 2 aromatic heterocycles. The van der Waals surface area contributed by atoms with Crippen LogP contribution in [-0.2, 0) is 0 Å². The van der Waals surface area contributed by atoms with Gasteiger partial charge in [0.1, 0.15) is 0 Å². The van der Waals surface area contributed by atoms with Gasteiger partial charge in [-0.25, -0.2) is 4.68 Å². The molecular formula is C16H14N4O2S2. The van der Waals surface area contributed by atoms with Crippen molar-refractivity contribution in [1.82, 2.24) is 4.68 Å². The van der Waals surface area contributed by atoms with Gasteiger partial charge < -0.3 is 0 Å². The minimum absolute atomic E-state index is 0.0687. The van der Waals surface area contributed by atoms with Gasteiger partial charge in [0.15, 0.2) is 0 Å². The lowest BCUT2D eigenvalue weighted by atomic mass is 10.1. The Kier molecular flexibility index (Phi) is 4.68. The Morgan fingerprint density at radius 2 is 1.96 bits per heavy atom. The second-order valence-electron chi connectivity index (χ2n) is 4.91. The minimum Gasteiger partial charge on any atom is -0.261 e. The fourth-order valence-electron chi connectivity index (χ4n) is 2.18. The van der Waals surface area contributed by atoms with Crippen molar-refractivity contribution in [2.75, 3.05) is 7.05 Å². The third kappa shape index (κ3) is 3.19. The summed E-state index contributed by atoms with van der Waals surface area (Å²) in [5.41, 5.74) is 2.67. The van der Waals surface area contributed by atoms with Crippen molar-refractivity contribution >= 4 is 34.1 Å². The molecule has 0 aliphatic heterocycles. The Morgan fingerprint density at radius 3 is 2.54 bits per heavy atom. The molecule has 0 spiro atoms. The third-order valence-electron chi connectivity index (χ3n) is 3.38. The molecule has 3 aromatic rings. The highest BCUT2D eigenvalue weighted by Gasteiger charge is 2.11. The van der Waals surface area contributed by atoms with Crippen molar-refractivity contribution in [2.24, 2.45) is 10.1 Å². The molecule has 0 fully saturated rings. The summed E-state index contributed by atoms with van der Waals surface area (Å²) < 4.78 is 1.78. The smallest absolute Gasteiger partial charge is 0.261 e. The maximum atomic E-state index is 10.8. The van der Waals surface area contributed by atoms with Crippen molar-refractivity contribution in [3.05, 3.63) is 67.0 Å². The molecule has 0 aliphatic rings. The molecule has 1 aromatic carbocycles. The van der Waals surface area contributed by atoms with E-state index in [1.807, 2.05) is 29.8 Å². The van der Waals surface area contributed by atoms with Crippen LogP contribution in [0.3, 0.4) is 0 Å². The van der Waals surface area contributed by atoms with Gasteiger partial charge in [-0.15, -0.1) is 22.7 Å². The van der Waals surface area contributed by atoms with E-state index in [-0.39, 0.29) is 5.69 Å². The Morgan fingerprint density at radius 1 is 1.21 bits per heavy atom. The Balaban J connectivity index is 2.09. The molecule has 24 heavy (non-hydrogen) atoms. The van der Waals surface area contributed by atoms with Crippen LogP contribution in [0.15, 0.2) is 57.3 Å². The van der Waals surface area contributed by atoms with Crippen LogP contribution in [-0.4, -0.2) is 22.4 Å². The van der Waals surface area contributed by atoms with Gasteiger partial charge in [-0.1, -0.05) is 6.07 Å². The van der Waals surface area contributed by atoms with E-state index in [0.29, 0.717) is 0 Å². The number of hydrogen-bond donors (Lipinski definition) is 0. The van der Waals surface area contributed by atoms with E-state index >= 15 is 0 Å². The van der Waals surface area contributed by atoms with Crippen LogP contribution in [0.4, 0.5) is 5.69 Å². The number of aromatic nitrogens is 1. The summed E-state index contributed by atoms with van der Waals surface area (Å²) >= 11 is 3.11. The standard InChI is InChI=1S/C16H14N4O2S2/c1-11(15-4-3-9-23-15)18-19-14(10-24-16(19)17-2)12-5-7-13(8-6-12)20(21)22/h3-10H,1-2H3. The predicted octanol–water partition coefficient (Wildman–Crippen LogP) is 3.99. The van der Waals surface area contributed by atoms with Crippen LogP contribution in [0.5, 0.6) is 0 Å². The zero-order valence-electron chi connectivity index (χ0n) is 13.0. The molecule has 0 atom stereocenters. The topological polar surface area (TPSA) is 72.8 Å². The summed E-state index contributed by atoms with van der Waals surface area (Å²) in [5, 5.41) is 19.5. The average Bonchev–Trinajstić information content (AvgIpc) is 3.24. The number of thiophene rings is 1. The highest BCUT2D eigenvalue weighted by Crippen LogP contribution is 2.23. The third-order valence-corrected chi connectivity index (χ3v) is 5.26. The van der Waals surface area contributed by atoms with Crippen molar-refractivity contribution in [3.63, 3.8) is 0 Å². The maximum absolute atomic E-state index is 10.8. The van der Waals surface area contributed by atoms with Crippen molar-refractivity contribution in [2.45, 2.75) is 6.92 Å². The molecule has 6 nitrogen and oxygen atoms in total. The lowest BCUT2D eigenvalue weighted by Gasteiger charge is -2.05. The zero-order chi connectivity index (χ0) is 17.1. The summed E-state index contributed by atoms with van der Waals surface area (Å²) in [6.07, 6.45) is 0. The van der Waals surface area contributed by atoms with Crippen molar-refractivity contribution in [1.29, 1.82) is 0 Å². The summed E-state index contributed by atoms with van der Waals surface area (Å²) in [6.45, 7) is 1.95. The average molecular weight is 358 g/mol. The van der Waals surface area contributed by atoms with Crippen LogP contribution in [0, 0.1) is 10.1 Å². The molecule has 0 N–H and O–H groups in total. The van der Waals surface area contributed by atoms with Crippen LogP contribution >= 0.6 is 22.7 Å². The van der Waals surface area contributed by atoms with Crippen LogP contribution in [0.1, 0.15) is 11.8 Å². The molecular weight excluding hydrogens is 344 g/mol. The van der Waals surface area contributed by atoms with Gasteiger partial charge in [0.25, 0.3) is 5.69 Å². The van der Waals surface area contributed by atoms with Gasteiger partial charge in [0.05, 0.1) is 21.2 Å². The first-order chi connectivity index (χ1) is 11.6. The molecule has 8 heteroatoms. The van der Waals surface area contributed by atoms with Gasteiger partial charge in [-0.3, -0.25) is 15.1 Å². The first-order valence-corrected chi connectivity index (χ1v) is 8.83. The highest BCUT2D eigenvalue weighted by molar-refractivity contribution is 7.12. The van der Waals surface area contributed by atoms with E-state index < -0.39 is 4.92 Å². The van der Waals surface area contributed by atoms with E-state index in [1.165, 1.54) is 23.5 Å². The zero-order valence-corrected chi connectivity index (χ0v) is 14.7. The van der Waals surface area contributed by atoms with Gasteiger partial charge >= 0.3 is 0 Å². The van der Waals surface area contributed by atoms with Crippen LogP contribution in [0.2, 0.25) is 0 Å². The number of nitro benzene ring substituents is 1. The largest absolute Gasteiger partial charge is 0.269 e. The minimum atomic E-state index is -0.405.